The summed E-state index contributed by atoms with van der Waals surface area (Å²) in [5.74, 6) is -0.432. The van der Waals surface area contributed by atoms with Gasteiger partial charge in [-0.25, -0.2) is 22.8 Å². The molecule has 29 heavy (non-hydrogen) atoms. The molecule has 0 saturated heterocycles. The van der Waals surface area contributed by atoms with Gasteiger partial charge in [-0.3, -0.25) is 9.71 Å². The number of nitrogens with two attached hydrogens (primary N) is 1. The predicted molar refractivity (Wildman–Crippen MR) is 111 cm³/mol. The van der Waals surface area contributed by atoms with E-state index in [0.717, 1.165) is 11.8 Å². The van der Waals surface area contributed by atoms with Crippen LogP contribution in [-0.2, 0) is 23.0 Å². The van der Waals surface area contributed by atoms with Crippen LogP contribution in [-0.4, -0.2) is 29.6 Å². The molecule has 0 radical (unpaired) electrons. The number of rotatable bonds is 6. The van der Waals surface area contributed by atoms with E-state index in [4.69, 9.17) is 5.73 Å². The first kappa shape index (κ1) is 20.8. The number of hydrogen-bond donors (Lipinski definition) is 2. The number of halogens is 1. The van der Waals surface area contributed by atoms with E-state index in [1.54, 1.807) is 31.3 Å². The average Bonchev–Trinajstić information content (AvgIpc) is 2.68. The van der Waals surface area contributed by atoms with Crippen molar-refractivity contribution in [3.63, 3.8) is 0 Å². The molecule has 0 amide bonds. The minimum atomic E-state index is -3.49. The Balaban J connectivity index is 2.27. The van der Waals surface area contributed by atoms with Crippen LogP contribution in [0.5, 0.6) is 0 Å². The monoisotopic (exact) mass is 415 g/mol. The molecule has 0 atom stereocenters. The second-order valence-electron chi connectivity index (χ2n) is 6.65. The highest BCUT2D eigenvalue weighted by Crippen LogP contribution is 2.35. The van der Waals surface area contributed by atoms with E-state index in [1.165, 1.54) is 12.4 Å². The molecular formula is C20H22FN5O2S. The smallest absolute Gasteiger partial charge is 0.229 e. The molecule has 0 spiro atoms. The van der Waals surface area contributed by atoms with Gasteiger partial charge in [-0.05, 0) is 37.1 Å². The lowest BCUT2D eigenvalue weighted by Crippen LogP contribution is -2.11. The van der Waals surface area contributed by atoms with Crippen molar-refractivity contribution in [2.75, 3.05) is 11.0 Å². The number of sulfonamides is 1. The van der Waals surface area contributed by atoms with Gasteiger partial charge in [0.05, 0.1) is 29.0 Å². The highest BCUT2D eigenvalue weighted by molar-refractivity contribution is 7.92. The van der Waals surface area contributed by atoms with Crippen molar-refractivity contribution >= 4 is 15.7 Å². The SMILES string of the molecule is CCc1ncnc(-c2cc(CN)ccc2F)c1-c1cnc(C)c(NS(C)(=O)=O)c1. The Morgan fingerprint density at radius 3 is 2.59 bits per heavy atom. The molecule has 0 aliphatic heterocycles. The van der Waals surface area contributed by atoms with Crippen molar-refractivity contribution < 1.29 is 12.8 Å². The summed E-state index contributed by atoms with van der Waals surface area (Å²) < 4.78 is 40.5. The Hall–Kier alpha value is -2.91. The zero-order valence-electron chi connectivity index (χ0n) is 16.4. The third kappa shape index (κ3) is 4.57. The van der Waals surface area contributed by atoms with Gasteiger partial charge in [0.15, 0.2) is 0 Å². The van der Waals surface area contributed by atoms with Gasteiger partial charge >= 0.3 is 0 Å². The quantitative estimate of drug-likeness (QED) is 0.640. The van der Waals surface area contributed by atoms with E-state index >= 15 is 0 Å². The summed E-state index contributed by atoms with van der Waals surface area (Å²) in [4.78, 5) is 13.0. The van der Waals surface area contributed by atoms with Gasteiger partial charge in [0.1, 0.15) is 12.1 Å². The normalized spacial score (nSPS) is 11.5. The summed E-state index contributed by atoms with van der Waals surface area (Å²) in [6, 6.07) is 6.31. The lowest BCUT2D eigenvalue weighted by atomic mass is 9.96. The lowest BCUT2D eigenvalue weighted by Gasteiger charge is -2.15. The van der Waals surface area contributed by atoms with E-state index < -0.39 is 15.8 Å². The third-order valence-corrected chi connectivity index (χ3v) is 5.04. The molecule has 1 aromatic carbocycles. The number of nitrogens with one attached hydrogen (secondary N) is 1. The highest BCUT2D eigenvalue weighted by atomic mass is 32.2. The summed E-state index contributed by atoms with van der Waals surface area (Å²) in [5.41, 5.74) is 9.95. The van der Waals surface area contributed by atoms with Crippen LogP contribution in [0.2, 0.25) is 0 Å². The maximum Gasteiger partial charge on any atom is 0.229 e. The molecule has 2 heterocycles. The minimum absolute atomic E-state index is 0.267. The van der Waals surface area contributed by atoms with Crippen molar-refractivity contribution in [2.24, 2.45) is 5.73 Å². The largest absolute Gasteiger partial charge is 0.326 e. The number of benzene rings is 1. The van der Waals surface area contributed by atoms with Crippen molar-refractivity contribution in [3.05, 3.63) is 59.6 Å². The molecule has 0 unspecified atom stereocenters. The van der Waals surface area contributed by atoms with Crippen molar-refractivity contribution in [1.82, 2.24) is 15.0 Å². The van der Waals surface area contributed by atoms with Crippen LogP contribution >= 0.6 is 0 Å². The first-order valence-electron chi connectivity index (χ1n) is 9.01. The summed E-state index contributed by atoms with van der Waals surface area (Å²) >= 11 is 0. The number of aryl methyl sites for hydroxylation is 2. The van der Waals surface area contributed by atoms with Gasteiger partial charge in [0.2, 0.25) is 10.0 Å². The maximum absolute atomic E-state index is 14.7. The first-order chi connectivity index (χ1) is 13.7. The topological polar surface area (TPSA) is 111 Å². The number of pyridine rings is 1. The van der Waals surface area contributed by atoms with Gasteiger partial charge in [0.25, 0.3) is 0 Å². The summed E-state index contributed by atoms with van der Waals surface area (Å²) in [6.45, 7) is 3.90. The molecule has 0 aliphatic rings. The zero-order chi connectivity index (χ0) is 21.2. The number of nitrogens with zero attached hydrogens (tertiary/aromatic N) is 3. The second-order valence-corrected chi connectivity index (χ2v) is 8.40. The molecule has 3 N–H and O–H groups in total. The van der Waals surface area contributed by atoms with Crippen LogP contribution in [0.25, 0.3) is 22.4 Å². The molecule has 0 bridgehead atoms. The van der Waals surface area contributed by atoms with Gasteiger partial charge in [-0.15, -0.1) is 0 Å². The van der Waals surface area contributed by atoms with E-state index in [0.29, 0.717) is 45.9 Å². The van der Waals surface area contributed by atoms with Gasteiger partial charge < -0.3 is 5.73 Å². The van der Waals surface area contributed by atoms with Crippen LogP contribution in [0, 0.1) is 12.7 Å². The Morgan fingerprint density at radius 1 is 1.17 bits per heavy atom. The molecule has 7 nitrogen and oxygen atoms in total. The fourth-order valence-corrected chi connectivity index (χ4v) is 3.66. The van der Waals surface area contributed by atoms with E-state index in [-0.39, 0.29) is 6.54 Å². The Labute approximate surface area is 169 Å². The van der Waals surface area contributed by atoms with Crippen molar-refractivity contribution in [3.8, 4) is 22.4 Å². The second kappa shape index (κ2) is 8.22. The highest BCUT2D eigenvalue weighted by Gasteiger charge is 2.19. The Kier molecular flexibility index (Phi) is 5.90. The molecule has 9 heteroatoms. The molecule has 3 aromatic rings. The molecule has 0 saturated carbocycles. The molecule has 152 valence electrons. The maximum atomic E-state index is 14.7. The van der Waals surface area contributed by atoms with Crippen LogP contribution in [0.15, 0.2) is 36.8 Å². The van der Waals surface area contributed by atoms with E-state index in [2.05, 4.69) is 19.7 Å². The minimum Gasteiger partial charge on any atom is -0.326 e. The molecule has 2 aromatic heterocycles. The average molecular weight is 415 g/mol. The zero-order valence-corrected chi connectivity index (χ0v) is 17.2. The Morgan fingerprint density at radius 2 is 1.93 bits per heavy atom. The van der Waals surface area contributed by atoms with Crippen LogP contribution in [0.1, 0.15) is 23.9 Å². The first-order valence-corrected chi connectivity index (χ1v) is 10.9. The summed E-state index contributed by atoms with van der Waals surface area (Å²) in [5, 5.41) is 0. The number of hydrogen-bond acceptors (Lipinski definition) is 6. The number of anilines is 1. The van der Waals surface area contributed by atoms with Gasteiger partial charge in [-0.2, -0.15) is 0 Å². The molecule has 0 aliphatic carbocycles. The predicted octanol–water partition coefficient (Wildman–Crippen LogP) is 3.05. The van der Waals surface area contributed by atoms with Gasteiger partial charge in [0, 0.05) is 29.4 Å². The third-order valence-electron chi connectivity index (χ3n) is 4.45. The van der Waals surface area contributed by atoms with E-state index in [9.17, 15) is 12.8 Å². The van der Waals surface area contributed by atoms with Crippen molar-refractivity contribution in [1.29, 1.82) is 0 Å². The fraction of sp³-hybridized carbons (Fsp3) is 0.250. The lowest BCUT2D eigenvalue weighted by molar-refractivity contribution is 0.606. The van der Waals surface area contributed by atoms with Crippen LogP contribution < -0.4 is 10.5 Å². The standard InChI is InChI=1S/C20H22FN5O2S/c1-4-17-19(14-8-18(12(2)23-10-14)26-29(3,27)28)20(25-11-24-17)15-7-13(9-22)5-6-16(15)21/h5-8,10-11,26H,4,9,22H2,1-3H3. The van der Waals surface area contributed by atoms with Crippen LogP contribution in [0.4, 0.5) is 10.1 Å². The molecule has 3 rings (SSSR count). The van der Waals surface area contributed by atoms with E-state index in [1.807, 2.05) is 6.92 Å². The molecule has 0 fully saturated rings. The van der Waals surface area contributed by atoms with Crippen molar-refractivity contribution in [2.45, 2.75) is 26.8 Å². The summed E-state index contributed by atoms with van der Waals surface area (Å²) in [6.07, 6.45) is 4.64. The molecular weight excluding hydrogens is 393 g/mol. The summed E-state index contributed by atoms with van der Waals surface area (Å²) in [7, 11) is -3.49. The van der Waals surface area contributed by atoms with Gasteiger partial charge in [-0.1, -0.05) is 13.0 Å². The van der Waals surface area contributed by atoms with Crippen LogP contribution in [0.3, 0.4) is 0 Å². The Bertz CT molecular complexity index is 1170. The fourth-order valence-electron chi connectivity index (χ4n) is 3.05. The number of aromatic nitrogens is 3.